The zero-order valence-electron chi connectivity index (χ0n) is 15.6. The zero-order chi connectivity index (χ0) is 22.0. The lowest BCUT2D eigenvalue weighted by Crippen LogP contribution is -2.14. The van der Waals surface area contributed by atoms with Crippen molar-refractivity contribution in [1.82, 2.24) is 4.98 Å². The maximum atomic E-state index is 12.8. The van der Waals surface area contributed by atoms with Crippen LogP contribution >= 0.6 is 11.3 Å². The average Bonchev–Trinajstić information content (AvgIpc) is 3.38. The summed E-state index contributed by atoms with van der Waals surface area (Å²) in [6.45, 7) is 0. The lowest BCUT2D eigenvalue weighted by molar-refractivity contribution is -0.137. The highest BCUT2D eigenvalue weighted by Gasteiger charge is 2.30. The number of hydrogen-bond acceptors (Lipinski definition) is 5. The second-order valence-electron chi connectivity index (χ2n) is 6.39. The summed E-state index contributed by atoms with van der Waals surface area (Å²) in [5.41, 5.74) is -0.466. The van der Waals surface area contributed by atoms with Crippen molar-refractivity contribution in [1.29, 1.82) is 5.26 Å². The molecule has 0 radical (unpaired) electrons. The molecule has 2 heterocycles. The number of nitrogens with zero attached hydrogens (tertiary/aromatic N) is 2. The third-order valence-corrected chi connectivity index (χ3v) is 5.28. The number of amides is 1. The molecule has 0 saturated carbocycles. The standard InChI is InChI=1S/C22H12F3N3O2S/c23-22(24,25)14-4-3-5-15(11-14)27-20(29)13(12-26)10-16-8-9-18(30-16)21-28-17-6-1-2-7-19(17)31-21/h1-11H,(H,27,29)/b13-10+. The van der Waals surface area contributed by atoms with Crippen molar-refractivity contribution in [3.63, 3.8) is 0 Å². The lowest BCUT2D eigenvalue weighted by Gasteiger charge is -2.09. The van der Waals surface area contributed by atoms with Crippen LogP contribution in [0.2, 0.25) is 0 Å². The Morgan fingerprint density at radius 3 is 2.68 bits per heavy atom. The highest BCUT2D eigenvalue weighted by atomic mass is 32.1. The predicted molar refractivity (Wildman–Crippen MR) is 111 cm³/mol. The minimum Gasteiger partial charge on any atom is -0.454 e. The molecule has 5 nitrogen and oxygen atoms in total. The zero-order valence-corrected chi connectivity index (χ0v) is 16.4. The van der Waals surface area contributed by atoms with E-state index in [0.717, 1.165) is 22.3 Å². The van der Waals surface area contributed by atoms with Crippen LogP contribution in [-0.2, 0) is 11.0 Å². The van der Waals surface area contributed by atoms with Gasteiger partial charge in [-0.3, -0.25) is 4.79 Å². The summed E-state index contributed by atoms with van der Waals surface area (Å²) in [4.78, 5) is 16.9. The van der Waals surface area contributed by atoms with Gasteiger partial charge in [-0.25, -0.2) is 4.98 Å². The van der Waals surface area contributed by atoms with Crippen LogP contribution in [0.1, 0.15) is 11.3 Å². The van der Waals surface area contributed by atoms with Crippen LogP contribution in [0.5, 0.6) is 0 Å². The fourth-order valence-electron chi connectivity index (χ4n) is 2.79. The van der Waals surface area contributed by atoms with Gasteiger partial charge in [-0.15, -0.1) is 11.3 Å². The molecule has 31 heavy (non-hydrogen) atoms. The summed E-state index contributed by atoms with van der Waals surface area (Å²) in [5, 5.41) is 12.3. The SMILES string of the molecule is N#C/C(=C\c1ccc(-c2nc3ccccc3s2)o1)C(=O)Nc1cccc(C(F)(F)F)c1. The van der Waals surface area contributed by atoms with E-state index >= 15 is 0 Å². The number of halogens is 3. The van der Waals surface area contributed by atoms with Gasteiger partial charge in [0.25, 0.3) is 5.91 Å². The van der Waals surface area contributed by atoms with Crippen LogP contribution in [0.3, 0.4) is 0 Å². The van der Waals surface area contributed by atoms with Crippen LogP contribution in [0.15, 0.2) is 70.7 Å². The molecule has 0 unspecified atom stereocenters. The first-order chi connectivity index (χ1) is 14.8. The molecule has 9 heteroatoms. The number of aromatic nitrogens is 1. The number of nitrogens with one attached hydrogen (secondary N) is 1. The van der Waals surface area contributed by atoms with E-state index in [0.29, 0.717) is 10.8 Å². The molecule has 1 amide bonds. The number of nitriles is 1. The number of carbonyl (C=O) groups is 1. The van der Waals surface area contributed by atoms with Crippen molar-refractivity contribution in [2.45, 2.75) is 6.18 Å². The van der Waals surface area contributed by atoms with E-state index in [1.54, 1.807) is 18.2 Å². The number of para-hydroxylation sites is 1. The second kappa shape index (κ2) is 8.08. The molecule has 4 rings (SSSR count). The third-order valence-electron chi connectivity index (χ3n) is 4.23. The Bertz CT molecular complexity index is 1310. The normalized spacial score (nSPS) is 12.0. The highest BCUT2D eigenvalue weighted by Crippen LogP contribution is 2.32. The molecule has 1 N–H and O–H groups in total. The van der Waals surface area contributed by atoms with Gasteiger partial charge >= 0.3 is 6.18 Å². The molecule has 0 spiro atoms. The summed E-state index contributed by atoms with van der Waals surface area (Å²) >= 11 is 1.44. The first-order valence-corrected chi connectivity index (χ1v) is 9.71. The van der Waals surface area contributed by atoms with E-state index in [4.69, 9.17) is 4.42 Å². The van der Waals surface area contributed by atoms with Crippen LogP contribution in [0.25, 0.3) is 27.1 Å². The molecular formula is C22H12F3N3O2S. The van der Waals surface area contributed by atoms with Crippen molar-refractivity contribution in [2.75, 3.05) is 5.32 Å². The fourth-order valence-corrected chi connectivity index (χ4v) is 3.71. The van der Waals surface area contributed by atoms with Gasteiger partial charge in [0.1, 0.15) is 17.4 Å². The van der Waals surface area contributed by atoms with E-state index in [2.05, 4.69) is 10.3 Å². The van der Waals surface area contributed by atoms with E-state index in [1.165, 1.54) is 29.5 Å². The highest BCUT2D eigenvalue weighted by molar-refractivity contribution is 7.21. The van der Waals surface area contributed by atoms with Crippen LogP contribution in [0.4, 0.5) is 18.9 Å². The Morgan fingerprint density at radius 1 is 1.13 bits per heavy atom. The summed E-state index contributed by atoms with van der Waals surface area (Å²) < 4.78 is 45.2. The lowest BCUT2D eigenvalue weighted by atomic mass is 10.1. The van der Waals surface area contributed by atoms with Gasteiger partial charge in [-0.2, -0.15) is 18.4 Å². The van der Waals surface area contributed by atoms with Crippen molar-refractivity contribution in [3.05, 3.63) is 77.6 Å². The van der Waals surface area contributed by atoms with E-state index in [-0.39, 0.29) is 17.0 Å². The molecule has 2 aromatic heterocycles. The number of fused-ring (bicyclic) bond motifs is 1. The van der Waals surface area contributed by atoms with Crippen molar-refractivity contribution in [3.8, 4) is 16.8 Å². The van der Waals surface area contributed by atoms with Gasteiger partial charge in [0, 0.05) is 11.8 Å². The minimum atomic E-state index is -4.54. The largest absolute Gasteiger partial charge is 0.454 e. The number of benzene rings is 2. The van der Waals surface area contributed by atoms with Crippen molar-refractivity contribution in [2.24, 2.45) is 0 Å². The number of hydrogen-bond donors (Lipinski definition) is 1. The Hall–Kier alpha value is -3.90. The molecule has 0 aliphatic rings. The number of anilines is 1. The van der Waals surface area contributed by atoms with Crippen molar-refractivity contribution < 1.29 is 22.4 Å². The number of furan rings is 1. The quantitative estimate of drug-likeness (QED) is 0.307. The number of rotatable bonds is 4. The molecule has 0 fully saturated rings. The molecule has 0 bridgehead atoms. The Balaban J connectivity index is 1.55. The molecule has 0 atom stereocenters. The number of thiazole rings is 1. The maximum absolute atomic E-state index is 12.8. The Labute approximate surface area is 178 Å². The predicted octanol–water partition coefficient (Wildman–Crippen LogP) is 6.12. The van der Waals surface area contributed by atoms with Gasteiger partial charge < -0.3 is 9.73 Å². The summed E-state index contributed by atoms with van der Waals surface area (Å²) in [5.74, 6) is -0.132. The molecule has 0 saturated heterocycles. The monoisotopic (exact) mass is 439 g/mol. The van der Waals surface area contributed by atoms with Crippen LogP contribution in [-0.4, -0.2) is 10.9 Å². The fraction of sp³-hybridized carbons (Fsp3) is 0.0455. The first kappa shape index (κ1) is 20.4. The minimum absolute atomic E-state index is 0.0735. The van der Waals surface area contributed by atoms with Gasteiger partial charge in [0.15, 0.2) is 10.8 Å². The average molecular weight is 439 g/mol. The summed E-state index contributed by atoms with van der Waals surface area (Å²) in [6.07, 6.45) is -3.32. The topological polar surface area (TPSA) is 78.9 Å². The molecule has 154 valence electrons. The number of carbonyl (C=O) groups excluding carboxylic acids is 1. The molecule has 0 aliphatic heterocycles. The van der Waals surface area contributed by atoms with Gasteiger partial charge in [0.2, 0.25) is 0 Å². The van der Waals surface area contributed by atoms with E-state index in [9.17, 15) is 23.2 Å². The molecule has 0 aliphatic carbocycles. The maximum Gasteiger partial charge on any atom is 0.416 e. The van der Waals surface area contributed by atoms with Crippen molar-refractivity contribution >= 4 is 39.2 Å². The smallest absolute Gasteiger partial charge is 0.416 e. The van der Waals surface area contributed by atoms with Crippen LogP contribution < -0.4 is 5.32 Å². The van der Waals surface area contributed by atoms with Crippen LogP contribution in [0, 0.1) is 11.3 Å². The van der Waals surface area contributed by atoms with E-state index < -0.39 is 17.6 Å². The van der Waals surface area contributed by atoms with Gasteiger partial charge in [0.05, 0.1) is 15.8 Å². The first-order valence-electron chi connectivity index (χ1n) is 8.90. The summed E-state index contributed by atoms with van der Waals surface area (Å²) in [7, 11) is 0. The van der Waals surface area contributed by atoms with Gasteiger partial charge in [-0.05, 0) is 42.5 Å². The number of alkyl halides is 3. The Kier molecular flexibility index (Phi) is 5.31. The molecular weight excluding hydrogens is 427 g/mol. The third kappa shape index (κ3) is 4.49. The second-order valence-corrected chi connectivity index (χ2v) is 7.42. The molecule has 4 aromatic rings. The van der Waals surface area contributed by atoms with E-state index in [1.807, 2.05) is 24.3 Å². The Morgan fingerprint density at radius 2 is 1.94 bits per heavy atom. The molecule has 2 aromatic carbocycles. The summed E-state index contributed by atoms with van der Waals surface area (Å²) in [6, 6.07) is 16.8. The van der Waals surface area contributed by atoms with Gasteiger partial charge in [-0.1, -0.05) is 18.2 Å².